The van der Waals surface area contributed by atoms with E-state index >= 15 is 0 Å². The number of aliphatic hydroxyl groups excluding tert-OH is 1. The first kappa shape index (κ1) is 12.8. The molecule has 1 aromatic heterocycles. The fraction of sp³-hybridized carbons (Fsp3) is 0.727. The predicted molar refractivity (Wildman–Crippen MR) is 66.0 cm³/mol. The van der Waals surface area contributed by atoms with Gasteiger partial charge >= 0.3 is 6.03 Å². The topological polar surface area (TPSA) is 92.1 Å². The second-order valence-corrected chi connectivity index (χ2v) is 4.71. The Kier molecular flexibility index (Phi) is 4.14. The maximum absolute atomic E-state index is 11.7. The van der Waals surface area contributed by atoms with Crippen LogP contribution in [-0.4, -0.2) is 38.6 Å². The molecule has 1 aliphatic rings. The number of carbonyl (C=O) groups excluding carboxylic acids is 1. The van der Waals surface area contributed by atoms with Crippen LogP contribution in [0.1, 0.15) is 25.7 Å². The van der Waals surface area contributed by atoms with Crippen molar-refractivity contribution in [1.29, 1.82) is 0 Å². The first-order valence-electron chi connectivity index (χ1n) is 6.21. The van der Waals surface area contributed by atoms with Crippen molar-refractivity contribution in [2.75, 3.05) is 11.9 Å². The number of nitrogens with zero attached hydrogens (tertiary/aromatic N) is 3. The van der Waals surface area contributed by atoms with Crippen molar-refractivity contribution < 1.29 is 9.90 Å². The lowest BCUT2D eigenvalue weighted by molar-refractivity contribution is 0.176. The first-order valence-corrected chi connectivity index (χ1v) is 6.21. The van der Waals surface area contributed by atoms with Gasteiger partial charge in [0.05, 0.1) is 0 Å². The molecule has 0 aliphatic heterocycles. The van der Waals surface area contributed by atoms with Crippen molar-refractivity contribution in [2.24, 2.45) is 13.0 Å². The Bertz CT molecular complexity index is 398. The quantitative estimate of drug-likeness (QED) is 0.731. The van der Waals surface area contributed by atoms with Crippen LogP contribution < -0.4 is 10.6 Å². The lowest BCUT2D eigenvalue weighted by Gasteiger charge is -2.27. The summed E-state index contributed by atoms with van der Waals surface area (Å²) >= 11 is 0. The van der Waals surface area contributed by atoms with Gasteiger partial charge in [-0.15, -0.1) is 0 Å². The summed E-state index contributed by atoms with van der Waals surface area (Å²) in [7, 11) is 1.72. The third-order valence-corrected chi connectivity index (χ3v) is 3.38. The van der Waals surface area contributed by atoms with Gasteiger partial charge in [-0.3, -0.25) is 5.32 Å². The lowest BCUT2D eigenvalue weighted by atomic mass is 9.87. The van der Waals surface area contributed by atoms with E-state index in [1.54, 1.807) is 7.05 Å². The summed E-state index contributed by atoms with van der Waals surface area (Å²) < 4.78 is 1.50. The van der Waals surface area contributed by atoms with Crippen LogP contribution in [0.4, 0.5) is 10.7 Å². The highest BCUT2D eigenvalue weighted by Gasteiger charge is 2.22. The highest BCUT2D eigenvalue weighted by atomic mass is 16.3. The van der Waals surface area contributed by atoms with Crippen molar-refractivity contribution in [3.05, 3.63) is 6.33 Å². The van der Waals surface area contributed by atoms with E-state index in [9.17, 15) is 4.79 Å². The molecule has 0 radical (unpaired) electrons. The van der Waals surface area contributed by atoms with E-state index in [2.05, 4.69) is 20.7 Å². The Morgan fingerprint density at radius 1 is 1.50 bits per heavy atom. The molecule has 1 heterocycles. The Hall–Kier alpha value is -1.63. The largest absolute Gasteiger partial charge is 0.396 e. The molecule has 2 rings (SSSR count). The molecule has 100 valence electrons. The fourth-order valence-electron chi connectivity index (χ4n) is 2.22. The second kappa shape index (κ2) is 5.81. The number of urea groups is 1. The number of aromatic nitrogens is 3. The van der Waals surface area contributed by atoms with Crippen molar-refractivity contribution in [1.82, 2.24) is 20.1 Å². The first-order chi connectivity index (χ1) is 8.69. The number of rotatable bonds is 3. The van der Waals surface area contributed by atoms with Gasteiger partial charge in [0.1, 0.15) is 6.33 Å². The molecule has 18 heavy (non-hydrogen) atoms. The van der Waals surface area contributed by atoms with Crippen LogP contribution in [0.25, 0.3) is 0 Å². The van der Waals surface area contributed by atoms with Crippen molar-refractivity contribution in [2.45, 2.75) is 31.7 Å². The Balaban J connectivity index is 1.77. The average molecular weight is 253 g/mol. The van der Waals surface area contributed by atoms with E-state index in [1.807, 2.05) is 0 Å². The molecule has 7 nitrogen and oxygen atoms in total. The molecule has 7 heteroatoms. The summed E-state index contributed by atoms with van der Waals surface area (Å²) in [5.41, 5.74) is 0. The van der Waals surface area contributed by atoms with Crippen molar-refractivity contribution in [3.63, 3.8) is 0 Å². The van der Waals surface area contributed by atoms with E-state index in [1.165, 1.54) is 11.0 Å². The summed E-state index contributed by atoms with van der Waals surface area (Å²) in [5.74, 6) is 0.821. The van der Waals surface area contributed by atoms with E-state index in [0.29, 0.717) is 11.9 Å². The van der Waals surface area contributed by atoms with Gasteiger partial charge in [-0.05, 0) is 31.6 Å². The van der Waals surface area contributed by atoms with Gasteiger partial charge in [-0.2, -0.15) is 10.1 Å². The van der Waals surface area contributed by atoms with Gasteiger partial charge in [0.25, 0.3) is 0 Å². The van der Waals surface area contributed by atoms with Gasteiger partial charge in [0, 0.05) is 19.7 Å². The fourth-order valence-corrected chi connectivity index (χ4v) is 2.22. The maximum Gasteiger partial charge on any atom is 0.321 e. The third-order valence-electron chi connectivity index (χ3n) is 3.38. The highest BCUT2D eigenvalue weighted by Crippen LogP contribution is 2.23. The van der Waals surface area contributed by atoms with Gasteiger partial charge in [-0.1, -0.05) is 0 Å². The van der Waals surface area contributed by atoms with E-state index in [-0.39, 0.29) is 18.7 Å². The molecule has 0 unspecified atom stereocenters. The molecule has 1 fully saturated rings. The third kappa shape index (κ3) is 3.19. The van der Waals surface area contributed by atoms with E-state index in [0.717, 1.165) is 25.7 Å². The number of hydrogen-bond acceptors (Lipinski definition) is 4. The standard InChI is InChI=1S/C11H19N5O2/c1-16-10(12-7-13-16)15-11(18)14-9-4-2-8(6-17)3-5-9/h7-9,17H,2-6H2,1H3,(H2,12,13,14,15,18). The minimum Gasteiger partial charge on any atom is -0.396 e. The summed E-state index contributed by atoms with van der Waals surface area (Å²) in [6, 6.07) is -0.0698. The van der Waals surface area contributed by atoms with Crippen LogP contribution in [0, 0.1) is 5.92 Å². The summed E-state index contributed by atoms with van der Waals surface area (Å²) in [4.78, 5) is 15.7. The minimum absolute atomic E-state index is 0.182. The zero-order valence-electron chi connectivity index (χ0n) is 10.5. The molecule has 0 aromatic carbocycles. The average Bonchev–Trinajstić information content (AvgIpc) is 2.76. The van der Waals surface area contributed by atoms with Crippen LogP contribution in [0.5, 0.6) is 0 Å². The number of carbonyl (C=O) groups is 1. The predicted octanol–water partition coefficient (Wildman–Crippen LogP) is 0.488. The summed E-state index contributed by atoms with van der Waals surface area (Å²) in [6.45, 7) is 0.248. The molecule has 3 N–H and O–H groups in total. The smallest absolute Gasteiger partial charge is 0.321 e. The van der Waals surface area contributed by atoms with Crippen LogP contribution in [-0.2, 0) is 7.05 Å². The zero-order valence-corrected chi connectivity index (χ0v) is 10.5. The molecule has 1 aromatic rings. The molecule has 1 aliphatic carbocycles. The molecule has 1 saturated carbocycles. The summed E-state index contributed by atoms with van der Waals surface area (Å²) in [5, 5.41) is 18.5. The van der Waals surface area contributed by atoms with E-state index in [4.69, 9.17) is 5.11 Å². The number of amides is 2. The highest BCUT2D eigenvalue weighted by molar-refractivity contribution is 5.87. The van der Waals surface area contributed by atoms with Crippen LogP contribution >= 0.6 is 0 Å². The van der Waals surface area contributed by atoms with E-state index < -0.39 is 0 Å². The number of hydrogen-bond donors (Lipinski definition) is 3. The van der Waals surface area contributed by atoms with Gasteiger partial charge < -0.3 is 10.4 Å². The van der Waals surface area contributed by atoms with Crippen LogP contribution in [0.3, 0.4) is 0 Å². The molecule has 0 saturated heterocycles. The number of anilines is 1. The summed E-state index contributed by atoms with van der Waals surface area (Å²) in [6.07, 6.45) is 5.15. The Morgan fingerprint density at radius 3 is 2.78 bits per heavy atom. The van der Waals surface area contributed by atoms with Gasteiger partial charge in [-0.25, -0.2) is 9.48 Å². The number of aryl methyl sites for hydroxylation is 1. The maximum atomic E-state index is 11.7. The SMILES string of the molecule is Cn1ncnc1NC(=O)NC1CCC(CO)CC1. The molecular formula is C11H19N5O2. The van der Waals surface area contributed by atoms with Crippen LogP contribution in [0.2, 0.25) is 0 Å². The molecule has 0 spiro atoms. The number of aliphatic hydroxyl groups is 1. The van der Waals surface area contributed by atoms with Gasteiger partial charge in [0.2, 0.25) is 5.95 Å². The lowest BCUT2D eigenvalue weighted by Crippen LogP contribution is -2.40. The second-order valence-electron chi connectivity index (χ2n) is 4.71. The zero-order chi connectivity index (χ0) is 13.0. The molecule has 0 bridgehead atoms. The Labute approximate surface area is 106 Å². The van der Waals surface area contributed by atoms with Crippen LogP contribution in [0.15, 0.2) is 6.33 Å². The molecule has 0 atom stereocenters. The van der Waals surface area contributed by atoms with Crippen molar-refractivity contribution >= 4 is 12.0 Å². The minimum atomic E-state index is -0.251. The Morgan fingerprint density at radius 2 is 2.22 bits per heavy atom. The molecule has 2 amide bonds. The number of nitrogens with one attached hydrogen (secondary N) is 2. The normalized spacial score (nSPS) is 23.7. The monoisotopic (exact) mass is 253 g/mol. The van der Waals surface area contributed by atoms with Gasteiger partial charge in [0.15, 0.2) is 0 Å². The molecular weight excluding hydrogens is 234 g/mol. The van der Waals surface area contributed by atoms with Crippen molar-refractivity contribution in [3.8, 4) is 0 Å².